The van der Waals surface area contributed by atoms with Gasteiger partial charge in [0, 0.05) is 5.92 Å². The monoisotopic (exact) mass is 253 g/mol. The van der Waals surface area contributed by atoms with Crippen molar-refractivity contribution in [2.45, 2.75) is 69.2 Å². The molecule has 101 valence electrons. The number of carbonyl (C=O) groups is 1. The molecule has 1 heterocycles. The first-order valence-electron chi connectivity index (χ1n) is 7.20. The van der Waals surface area contributed by atoms with Crippen molar-refractivity contribution in [2.24, 2.45) is 11.8 Å². The van der Waals surface area contributed by atoms with Crippen LogP contribution in [0.3, 0.4) is 0 Å². The maximum absolute atomic E-state index is 12.5. The highest BCUT2D eigenvalue weighted by Gasteiger charge is 2.52. The smallest absolute Gasteiger partial charge is 0.339 e. The van der Waals surface area contributed by atoms with Gasteiger partial charge in [0.25, 0.3) is 0 Å². The van der Waals surface area contributed by atoms with E-state index in [9.17, 15) is 15.0 Å². The third-order valence-electron chi connectivity index (χ3n) is 5.11. The van der Waals surface area contributed by atoms with E-state index in [2.05, 4.69) is 0 Å². The predicted octanol–water partition coefficient (Wildman–Crippen LogP) is 2.39. The van der Waals surface area contributed by atoms with E-state index in [4.69, 9.17) is 4.74 Å². The highest BCUT2D eigenvalue weighted by molar-refractivity contribution is 5.77. The maximum Gasteiger partial charge on any atom is 0.339 e. The van der Waals surface area contributed by atoms with Crippen LogP contribution in [0.15, 0.2) is 0 Å². The molecule has 4 heteroatoms. The molecule has 3 aliphatic rings. The van der Waals surface area contributed by atoms with E-state index in [-0.39, 0.29) is 5.92 Å². The van der Waals surface area contributed by atoms with Crippen molar-refractivity contribution < 1.29 is 19.7 Å². The number of hydrogen-bond acceptors (Lipinski definition) is 2. The van der Waals surface area contributed by atoms with Crippen LogP contribution in [0.25, 0.3) is 0 Å². The highest BCUT2D eigenvalue weighted by atomic mass is 16.6. The first-order chi connectivity index (χ1) is 8.61. The van der Waals surface area contributed by atoms with Gasteiger partial charge in [-0.2, -0.15) is 0 Å². The molecule has 0 aromatic heterocycles. The van der Waals surface area contributed by atoms with Crippen molar-refractivity contribution in [3.63, 3.8) is 0 Å². The van der Waals surface area contributed by atoms with E-state index >= 15 is 0 Å². The second-order valence-corrected chi connectivity index (χ2v) is 6.20. The van der Waals surface area contributed by atoms with Crippen LogP contribution in [-0.4, -0.2) is 28.9 Å². The minimum Gasteiger partial charge on any atom is -0.479 e. The number of hydrogen-bond donors (Lipinski definition) is 1. The van der Waals surface area contributed by atoms with Gasteiger partial charge in [-0.1, -0.05) is 12.8 Å². The lowest BCUT2D eigenvalue weighted by molar-refractivity contribution is -0.182. The lowest BCUT2D eigenvalue weighted by Gasteiger charge is -2.36. The summed E-state index contributed by atoms with van der Waals surface area (Å²) in [5.74, 6) is -0.910. The van der Waals surface area contributed by atoms with Crippen LogP contribution in [0.1, 0.15) is 51.4 Å². The summed E-state index contributed by atoms with van der Waals surface area (Å²) < 4.78 is 5.61. The quantitative estimate of drug-likeness (QED) is 0.785. The van der Waals surface area contributed by atoms with Crippen molar-refractivity contribution in [1.82, 2.24) is 0 Å². The Balaban J connectivity index is 1.67. The molecule has 18 heavy (non-hydrogen) atoms. The van der Waals surface area contributed by atoms with Gasteiger partial charge in [0.2, 0.25) is 5.60 Å². The normalized spacial score (nSPS) is 47.4. The SMILES string of the molecule is [O]C1(C(=O)O)CCCCC1CC1CCCC2OC12. The molecule has 1 N–H and O–H groups in total. The van der Waals surface area contributed by atoms with Crippen LogP contribution in [-0.2, 0) is 14.6 Å². The van der Waals surface area contributed by atoms with Crippen LogP contribution in [0.5, 0.6) is 0 Å². The van der Waals surface area contributed by atoms with Gasteiger partial charge >= 0.3 is 5.97 Å². The molecule has 5 atom stereocenters. The first kappa shape index (κ1) is 12.4. The van der Waals surface area contributed by atoms with Crippen LogP contribution in [0, 0.1) is 11.8 Å². The zero-order valence-corrected chi connectivity index (χ0v) is 10.6. The zero-order valence-electron chi connectivity index (χ0n) is 10.6. The van der Waals surface area contributed by atoms with Crippen LogP contribution in [0.2, 0.25) is 0 Å². The summed E-state index contributed by atoms with van der Waals surface area (Å²) in [6.07, 6.45) is 7.77. The number of rotatable bonds is 3. The molecule has 0 amide bonds. The maximum atomic E-state index is 12.5. The van der Waals surface area contributed by atoms with Gasteiger partial charge in [0.05, 0.1) is 12.2 Å². The summed E-state index contributed by atoms with van der Waals surface area (Å²) in [6.45, 7) is 0. The molecule has 2 aliphatic carbocycles. The van der Waals surface area contributed by atoms with E-state index in [1.807, 2.05) is 0 Å². The fourth-order valence-electron chi connectivity index (χ4n) is 3.97. The molecule has 1 radical (unpaired) electrons. The van der Waals surface area contributed by atoms with Crippen LogP contribution in [0.4, 0.5) is 0 Å². The van der Waals surface area contributed by atoms with Crippen LogP contribution < -0.4 is 0 Å². The largest absolute Gasteiger partial charge is 0.479 e. The summed E-state index contributed by atoms with van der Waals surface area (Å²) in [5.41, 5.74) is -1.74. The zero-order chi connectivity index (χ0) is 12.8. The Morgan fingerprint density at radius 2 is 2.06 bits per heavy atom. The molecular formula is C14H21O4. The molecular weight excluding hydrogens is 232 g/mol. The summed E-state index contributed by atoms with van der Waals surface area (Å²) in [4.78, 5) is 11.3. The molecule has 1 aliphatic heterocycles. The Labute approximate surface area is 107 Å². The second-order valence-electron chi connectivity index (χ2n) is 6.20. The molecule has 0 bridgehead atoms. The third-order valence-corrected chi connectivity index (χ3v) is 5.11. The average Bonchev–Trinajstić information content (AvgIpc) is 3.12. The molecule has 4 nitrogen and oxygen atoms in total. The van der Waals surface area contributed by atoms with Crippen molar-refractivity contribution in [3.8, 4) is 0 Å². The van der Waals surface area contributed by atoms with Gasteiger partial charge in [0.1, 0.15) is 0 Å². The summed E-state index contributed by atoms with van der Waals surface area (Å²) in [7, 11) is 0. The van der Waals surface area contributed by atoms with Gasteiger partial charge < -0.3 is 9.84 Å². The van der Waals surface area contributed by atoms with E-state index in [0.717, 1.165) is 44.9 Å². The fraction of sp³-hybridized carbons (Fsp3) is 0.929. The van der Waals surface area contributed by atoms with Gasteiger partial charge in [0.15, 0.2) is 0 Å². The molecule has 3 fully saturated rings. The Bertz CT molecular complexity index is 343. The number of carboxylic acids is 1. The minimum atomic E-state index is -1.74. The van der Waals surface area contributed by atoms with Gasteiger partial charge in [-0.05, 0) is 44.4 Å². The van der Waals surface area contributed by atoms with E-state index in [0.29, 0.717) is 24.5 Å². The summed E-state index contributed by atoms with van der Waals surface area (Å²) >= 11 is 0. The van der Waals surface area contributed by atoms with Gasteiger partial charge in [-0.15, -0.1) is 0 Å². The molecule has 0 aromatic carbocycles. The molecule has 1 saturated heterocycles. The van der Waals surface area contributed by atoms with Crippen LogP contribution >= 0.6 is 0 Å². The highest BCUT2D eigenvalue weighted by Crippen LogP contribution is 2.47. The molecule has 3 rings (SSSR count). The van der Waals surface area contributed by atoms with Gasteiger partial charge in [-0.25, -0.2) is 9.90 Å². The lowest BCUT2D eigenvalue weighted by Crippen LogP contribution is -2.47. The summed E-state index contributed by atoms with van der Waals surface area (Å²) in [5, 5.41) is 21.7. The number of carboxylic acid groups (broad SMARTS) is 1. The minimum absolute atomic E-state index is 0.198. The number of fused-ring (bicyclic) bond motifs is 1. The lowest BCUT2D eigenvalue weighted by atomic mass is 9.69. The Kier molecular flexibility index (Phi) is 3.10. The van der Waals surface area contributed by atoms with Crippen molar-refractivity contribution in [2.75, 3.05) is 0 Å². The number of aliphatic carboxylic acids is 1. The molecule has 0 aromatic rings. The first-order valence-corrected chi connectivity index (χ1v) is 7.20. The van der Waals surface area contributed by atoms with E-state index in [1.165, 1.54) is 0 Å². The Morgan fingerprint density at radius 1 is 1.22 bits per heavy atom. The average molecular weight is 253 g/mol. The topological polar surface area (TPSA) is 69.7 Å². The van der Waals surface area contributed by atoms with Crippen molar-refractivity contribution in [1.29, 1.82) is 0 Å². The van der Waals surface area contributed by atoms with Crippen molar-refractivity contribution in [3.05, 3.63) is 0 Å². The molecule has 2 saturated carbocycles. The molecule has 5 unspecified atom stereocenters. The van der Waals surface area contributed by atoms with Crippen molar-refractivity contribution >= 4 is 5.97 Å². The fourth-order valence-corrected chi connectivity index (χ4v) is 3.97. The van der Waals surface area contributed by atoms with E-state index in [1.54, 1.807) is 0 Å². The van der Waals surface area contributed by atoms with E-state index < -0.39 is 11.6 Å². The summed E-state index contributed by atoms with van der Waals surface area (Å²) in [6, 6.07) is 0. The third kappa shape index (κ3) is 2.05. The molecule has 0 spiro atoms. The number of ether oxygens (including phenoxy) is 1. The Morgan fingerprint density at radius 3 is 2.83 bits per heavy atom. The van der Waals surface area contributed by atoms with Gasteiger partial charge in [-0.3, -0.25) is 0 Å². The Hall–Kier alpha value is -0.610. The standard InChI is InChI=1S/C14H21O4/c15-13(16)14(17)7-2-1-5-10(14)8-9-4-3-6-11-12(9)18-11/h9-12H,1-8H2,(H,15,16). The predicted molar refractivity (Wildman–Crippen MR) is 63.6 cm³/mol. The second kappa shape index (κ2) is 4.49. The number of epoxide rings is 1.